The molecule has 0 bridgehead atoms. The molecule has 14 rings (SSSR count). The lowest BCUT2D eigenvalue weighted by atomic mass is 9.76. The SMILES string of the molecule is CCn1c2ccc(C(=O)c3ccc(C4CCC(CC/C(=N\OC(=O)c5ccccc5)c5ccc6c(c5)c5cc(C7CCCC(CC/C(=N\OC(C)=O)c8ccc9c(c8)c8ccccc8n9CC)C7)ccc5n6CC)CC4)cc3C)cc2c2cc(/C(CCC3CCC3)=N/OC(C)=O)ccc21. The molecular formula is C86H90N6O7. The monoisotopic (exact) mass is 1320 g/mol. The van der Waals surface area contributed by atoms with Gasteiger partial charge in [0.2, 0.25) is 0 Å². The van der Waals surface area contributed by atoms with Crippen molar-refractivity contribution in [3.8, 4) is 0 Å². The lowest BCUT2D eigenvalue weighted by Gasteiger charge is -2.30. The minimum atomic E-state index is -0.481. The number of fused-ring (bicyclic) bond motifs is 9. The first kappa shape index (κ1) is 66.5. The Balaban J connectivity index is 0.663. The van der Waals surface area contributed by atoms with Crippen molar-refractivity contribution in [1.29, 1.82) is 0 Å². The second kappa shape index (κ2) is 29.4. The van der Waals surface area contributed by atoms with E-state index in [1.54, 1.807) is 12.1 Å². The molecule has 3 heterocycles. The Morgan fingerprint density at radius 3 is 1.34 bits per heavy atom. The molecule has 0 radical (unpaired) electrons. The molecule has 506 valence electrons. The average molecular weight is 1320 g/mol. The number of benzene rings is 8. The lowest BCUT2D eigenvalue weighted by Crippen LogP contribution is -2.16. The summed E-state index contributed by atoms with van der Waals surface area (Å²) in [6, 6.07) is 56.9. The quantitative estimate of drug-likeness (QED) is 0.0268. The number of hydrogen-bond acceptors (Lipinski definition) is 10. The van der Waals surface area contributed by atoms with Gasteiger partial charge in [-0.15, -0.1) is 0 Å². The van der Waals surface area contributed by atoms with Gasteiger partial charge < -0.3 is 28.2 Å². The maximum Gasteiger partial charge on any atom is 0.365 e. The van der Waals surface area contributed by atoms with E-state index in [-0.39, 0.29) is 5.78 Å². The maximum absolute atomic E-state index is 14.6. The van der Waals surface area contributed by atoms with E-state index in [0.717, 1.165) is 158 Å². The Kier molecular flexibility index (Phi) is 19.7. The Hall–Kier alpha value is -9.75. The minimum absolute atomic E-state index is 0.00604. The molecule has 0 saturated heterocycles. The van der Waals surface area contributed by atoms with Gasteiger partial charge in [0.15, 0.2) is 5.78 Å². The van der Waals surface area contributed by atoms with Gasteiger partial charge in [-0.3, -0.25) is 4.79 Å². The summed E-state index contributed by atoms with van der Waals surface area (Å²) in [4.78, 5) is 68.7. The second-order valence-electron chi connectivity index (χ2n) is 28.2. The van der Waals surface area contributed by atoms with Gasteiger partial charge in [-0.25, -0.2) is 14.4 Å². The van der Waals surface area contributed by atoms with Crippen LogP contribution in [0.2, 0.25) is 0 Å². The van der Waals surface area contributed by atoms with Crippen LogP contribution >= 0.6 is 0 Å². The Bertz CT molecular complexity index is 4990. The number of para-hydroxylation sites is 1. The van der Waals surface area contributed by atoms with E-state index in [0.29, 0.717) is 59.1 Å². The molecule has 3 aliphatic rings. The molecule has 13 nitrogen and oxygen atoms in total. The van der Waals surface area contributed by atoms with Gasteiger partial charge in [0, 0.05) is 127 Å². The summed E-state index contributed by atoms with van der Waals surface area (Å²) in [7, 11) is 0. The first-order chi connectivity index (χ1) is 48.3. The zero-order valence-electron chi connectivity index (χ0n) is 58.2. The van der Waals surface area contributed by atoms with E-state index in [4.69, 9.17) is 19.7 Å². The van der Waals surface area contributed by atoms with Crippen LogP contribution in [0.15, 0.2) is 179 Å². The van der Waals surface area contributed by atoms with Gasteiger partial charge in [-0.05, 0) is 236 Å². The molecule has 3 aliphatic carbocycles. The molecule has 3 fully saturated rings. The molecule has 2 unspecified atom stereocenters. The van der Waals surface area contributed by atoms with Gasteiger partial charge in [0.1, 0.15) is 0 Å². The van der Waals surface area contributed by atoms with E-state index in [1.807, 2.05) is 30.3 Å². The van der Waals surface area contributed by atoms with Crippen LogP contribution < -0.4 is 0 Å². The van der Waals surface area contributed by atoms with Crippen molar-refractivity contribution in [2.75, 3.05) is 0 Å². The van der Waals surface area contributed by atoms with Crippen molar-refractivity contribution in [3.05, 3.63) is 214 Å². The van der Waals surface area contributed by atoms with Crippen LogP contribution in [0.4, 0.5) is 0 Å². The first-order valence-electron chi connectivity index (χ1n) is 36.4. The normalized spacial score (nSPS) is 18.0. The van der Waals surface area contributed by atoms with Crippen LogP contribution in [0, 0.1) is 24.7 Å². The van der Waals surface area contributed by atoms with Crippen molar-refractivity contribution < 1.29 is 33.7 Å². The summed E-state index contributed by atoms with van der Waals surface area (Å²) in [5, 5.41) is 20.4. The number of nitrogens with zero attached hydrogens (tertiary/aromatic N) is 6. The van der Waals surface area contributed by atoms with Crippen molar-refractivity contribution >= 4 is 106 Å². The number of rotatable bonds is 23. The van der Waals surface area contributed by atoms with Gasteiger partial charge in [-0.1, -0.05) is 126 Å². The molecule has 0 spiro atoms. The van der Waals surface area contributed by atoms with Crippen LogP contribution in [0.25, 0.3) is 65.4 Å². The number of aryl methyl sites for hydroxylation is 4. The van der Waals surface area contributed by atoms with Gasteiger partial charge >= 0.3 is 17.9 Å². The van der Waals surface area contributed by atoms with E-state index in [9.17, 15) is 19.2 Å². The highest BCUT2D eigenvalue weighted by atomic mass is 16.7. The summed E-state index contributed by atoms with van der Waals surface area (Å²) in [5.74, 6) is 1.07. The fourth-order valence-corrected chi connectivity index (χ4v) is 16.7. The topological polar surface area (TPSA) is 148 Å². The summed E-state index contributed by atoms with van der Waals surface area (Å²) >= 11 is 0. The van der Waals surface area contributed by atoms with Crippen molar-refractivity contribution in [1.82, 2.24) is 13.7 Å². The third-order valence-corrected chi connectivity index (χ3v) is 22.2. The van der Waals surface area contributed by atoms with Crippen LogP contribution in [0.3, 0.4) is 0 Å². The molecular weight excluding hydrogens is 1230 g/mol. The zero-order chi connectivity index (χ0) is 68.3. The second-order valence-corrected chi connectivity index (χ2v) is 28.2. The van der Waals surface area contributed by atoms with E-state index >= 15 is 0 Å². The lowest BCUT2D eigenvalue weighted by molar-refractivity contribution is -0.141. The van der Waals surface area contributed by atoms with E-state index < -0.39 is 17.9 Å². The van der Waals surface area contributed by atoms with Crippen molar-refractivity contribution in [2.45, 2.75) is 182 Å². The van der Waals surface area contributed by atoms with Crippen LogP contribution in [0.1, 0.15) is 215 Å². The number of carbonyl (C=O) groups is 4. The van der Waals surface area contributed by atoms with Gasteiger partial charge in [0.25, 0.3) is 0 Å². The van der Waals surface area contributed by atoms with Crippen molar-refractivity contribution in [3.63, 3.8) is 0 Å². The van der Waals surface area contributed by atoms with E-state index in [2.05, 4.69) is 173 Å². The maximum atomic E-state index is 14.6. The number of hydrogen-bond donors (Lipinski definition) is 0. The highest BCUT2D eigenvalue weighted by Crippen LogP contribution is 2.43. The molecule has 8 aromatic carbocycles. The fraction of sp³-hybridized carbons (Fsp3) is 0.360. The van der Waals surface area contributed by atoms with E-state index in [1.165, 1.54) is 87.8 Å². The Morgan fingerprint density at radius 1 is 0.394 bits per heavy atom. The standard InChI is InChI=1S/C86H90N6O7/c1-7-90-79-24-14-13-23-70(79)71-50-65(34-43-80(71)90)77(88-98-56(6)94)41-29-59-19-16-22-62(48-59)64-33-42-81-72(49-64)73-52-67(36-45-82(73)91(81)8-2)78(89-99-86(96)61-20-11-10-12-21-61)40-28-58-25-30-60(31-26-58)63-32-38-69(54(4)47-63)85(95)68-37-46-84-75(53-68)74-51-66(35-44-83(74)92(84)9-3)76(87-97-55(5)93)39-27-57-17-15-18-57/h10-14,20-21,23-24,32-38,42-47,49-53,57-60,62H,7-9,15-19,22,25-31,39-41,48H2,1-6H3/b87-76+,88-77+,89-78+. The van der Waals surface area contributed by atoms with Gasteiger partial charge in [0.05, 0.1) is 22.7 Å². The predicted octanol–water partition coefficient (Wildman–Crippen LogP) is 20.8. The van der Waals surface area contributed by atoms with Crippen LogP contribution in [-0.4, -0.2) is 54.5 Å². The minimum Gasteiger partial charge on any atom is -0.341 e. The summed E-state index contributed by atoms with van der Waals surface area (Å²) < 4.78 is 7.05. The van der Waals surface area contributed by atoms with Gasteiger partial charge in [-0.2, -0.15) is 0 Å². The predicted molar refractivity (Wildman–Crippen MR) is 399 cm³/mol. The number of carbonyl (C=O) groups excluding carboxylic acids is 4. The Labute approximate surface area is 579 Å². The Morgan fingerprint density at radius 2 is 0.818 bits per heavy atom. The molecule has 0 aliphatic heterocycles. The number of oxime groups is 3. The first-order valence-corrected chi connectivity index (χ1v) is 36.4. The largest absolute Gasteiger partial charge is 0.365 e. The highest BCUT2D eigenvalue weighted by molar-refractivity contribution is 6.17. The molecule has 3 aromatic heterocycles. The summed E-state index contributed by atoms with van der Waals surface area (Å²) in [6.07, 6.45) is 17.4. The molecule has 99 heavy (non-hydrogen) atoms. The fourth-order valence-electron chi connectivity index (χ4n) is 16.7. The molecule has 13 heteroatoms. The molecule has 0 amide bonds. The highest BCUT2D eigenvalue weighted by Gasteiger charge is 2.29. The van der Waals surface area contributed by atoms with Crippen LogP contribution in [-0.2, 0) is 43.7 Å². The molecule has 0 N–H and O–H groups in total. The summed E-state index contributed by atoms with van der Waals surface area (Å²) in [6.45, 7) is 13.9. The summed E-state index contributed by atoms with van der Waals surface area (Å²) in [5.41, 5.74) is 17.6. The molecule has 2 atom stereocenters. The number of ketones is 1. The number of aromatic nitrogens is 3. The smallest absolute Gasteiger partial charge is 0.341 e. The third-order valence-electron chi connectivity index (χ3n) is 22.2. The molecule has 11 aromatic rings. The molecule has 3 saturated carbocycles. The average Bonchev–Trinajstić information content (AvgIpc) is 1.61. The van der Waals surface area contributed by atoms with Crippen molar-refractivity contribution in [2.24, 2.45) is 33.2 Å². The van der Waals surface area contributed by atoms with Crippen LogP contribution in [0.5, 0.6) is 0 Å². The zero-order valence-corrected chi connectivity index (χ0v) is 58.2. The third kappa shape index (κ3) is 13.9.